The van der Waals surface area contributed by atoms with Crippen molar-refractivity contribution in [1.82, 2.24) is 10.2 Å². The number of para-hydroxylation sites is 2. The van der Waals surface area contributed by atoms with E-state index in [4.69, 9.17) is 4.74 Å². The van der Waals surface area contributed by atoms with Gasteiger partial charge in [0.05, 0.1) is 17.2 Å². The van der Waals surface area contributed by atoms with Gasteiger partial charge in [0.1, 0.15) is 24.2 Å². The zero-order valence-electron chi connectivity index (χ0n) is 23.3. The molecule has 0 heterocycles. The Bertz CT molecular complexity index is 1400. The van der Waals surface area contributed by atoms with Crippen LogP contribution in [0.25, 0.3) is 0 Å². The van der Waals surface area contributed by atoms with Crippen molar-refractivity contribution in [2.24, 2.45) is 0 Å². The van der Waals surface area contributed by atoms with Crippen molar-refractivity contribution in [2.75, 3.05) is 24.0 Å². The Morgan fingerprint density at radius 3 is 2.25 bits per heavy atom. The zero-order valence-corrected chi connectivity index (χ0v) is 24.1. The lowest BCUT2D eigenvalue weighted by Gasteiger charge is -2.32. The number of aryl methyl sites for hydroxylation is 1. The number of halogens is 1. The van der Waals surface area contributed by atoms with Crippen LogP contribution in [0.3, 0.4) is 0 Å². The number of ether oxygens (including phenoxy) is 1. The molecule has 214 valence electrons. The second kappa shape index (κ2) is 13.9. The van der Waals surface area contributed by atoms with Gasteiger partial charge in [-0.2, -0.15) is 0 Å². The zero-order chi connectivity index (χ0) is 29.3. The molecule has 8 nitrogen and oxygen atoms in total. The van der Waals surface area contributed by atoms with Crippen molar-refractivity contribution in [3.63, 3.8) is 0 Å². The average Bonchev–Trinajstić information content (AvgIpc) is 2.94. The molecule has 0 unspecified atom stereocenters. The van der Waals surface area contributed by atoms with Crippen molar-refractivity contribution in [1.29, 1.82) is 0 Å². The Hall–Kier alpha value is -3.92. The molecule has 2 amide bonds. The Morgan fingerprint density at radius 2 is 1.62 bits per heavy atom. The molecule has 3 rings (SSSR count). The summed E-state index contributed by atoms with van der Waals surface area (Å²) in [6, 6.07) is 17.6. The fourth-order valence-electron chi connectivity index (χ4n) is 4.06. The van der Waals surface area contributed by atoms with Gasteiger partial charge >= 0.3 is 0 Å². The largest absolute Gasteiger partial charge is 0.492 e. The van der Waals surface area contributed by atoms with E-state index < -0.39 is 34.3 Å². The van der Waals surface area contributed by atoms with Gasteiger partial charge < -0.3 is 15.0 Å². The predicted molar refractivity (Wildman–Crippen MR) is 153 cm³/mol. The number of hydrogen-bond donors (Lipinski definition) is 1. The van der Waals surface area contributed by atoms with E-state index in [1.807, 2.05) is 13.8 Å². The Kier molecular flexibility index (Phi) is 10.7. The van der Waals surface area contributed by atoms with Gasteiger partial charge in [-0.3, -0.25) is 13.9 Å². The summed E-state index contributed by atoms with van der Waals surface area (Å²) in [5.41, 5.74) is 1.67. The summed E-state index contributed by atoms with van der Waals surface area (Å²) in [4.78, 5) is 28.2. The van der Waals surface area contributed by atoms with E-state index in [2.05, 4.69) is 5.32 Å². The molecule has 0 saturated carbocycles. The fraction of sp³-hybridized carbons (Fsp3) is 0.333. The summed E-state index contributed by atoms with van der Waals surface area (Å²) in [5, 5.41) is 2.79. The third-order valence-electron chi connectivity index (χ3n) is 6.30. The van der Waals surface area contributed by atoms with E-state index in [-0.39, 0.29) is 29.6 Å². The van der Waals surface area contributed by atoms with Crippen LogP contribution in [-0.2, 0) is 26.2 Å². The van der Waals surface area contributed by atoms with Gasteiger partial charge in [-0.05, 0) is 69.2 Å². The number of rotatable bonds is 13. The van der Waals surface area contributed by atoms with Crippen LogP contribution in [0.4, 0.5) is 10.1 Å². The molecule has 10 heteroatoms. The molecule has 40 heavy (non-hydrogen) atoms. The number of anilines is 1. The van der Waals surface area contributed by atoms with Crippen LogP contribution in [0.5, 0.6) is 5.75 Å². The molecule has 1 N–H and O–H groups in total. The number of carbonyl (C=O) groups excluding carboxylic acids is 2. The molecule has 3 aromatic carbocycles. The average molecular weight is 570 g/mol. The smallest absolute Gasteiger partial charge is 0.264 e. The molecule has 0 saturated heterocycles. The molecule has 0 radical (unpaired) electrons. The highest BCUT2D eigenvalue weighted by molar-refractivity contribution is 7.92. The standard InChI is InChI=1S/C30H36FN3O5S/c1-5-19-32-30(36)23(4)33(20-24-13-15-25(31)16-14-24)29(35)21-34(27-9-7-8-10-28(27)39-6-2)40(37,38)26-17-11-22(3)12-18-26/h7-18,23H,5-6,19-21H2,1-4H3,(H,32,36)/t23-/m0/s1. The molecular weight excluding hydrogens is 533 g/mol. The van der Waals surface area contributed by atoms with Gasteiger partial charge in [0.25, 0.3) is 10.0 Å². The summed E-state index contributed by atoms with van der Waals surface area (Å²) in [5.74, 6) is -1.11. The van der Waals surface area contributed by atoms with Gasteiger partial charge in [-0.1, -0.05) is 48.9 Å². The highest BCUT2D eigenvalue weighted by Crippen LogP contribution is 2.33. The molecular formula is C30H36FN3O5S. The topological polar surface area (TPSA) is 96.0 Å². The van der Waals surface area contributed by atoms with E-state index in [0.29, 0.717) is 24.3 Å². The molecule has 0 aliphatic heterocycles. The van der Waals surface area contributed by atoms with Crippen LogP contribution in [0, 0.1) is 12.7 Å². The van der Waals surface area contributed by atoms with Crippen molar-refractivity contribution in [3.05, 3.63) is 89.7 Å². The van der Waals surface area contributed by atoms with Crippen molar-refractivity contribution in [3.8, 4) is 5.75 Å². The molecule has 0 bridgehead atoms. The number of benzene rings is 3. The number of sulfonamides is 1. The van der Waals surface area contributed by atoms with Crippen molar-refractivity contribution >= 4 is 27.5 Å². The SMILES string of the molecule is CCCNC(=O)[C@H](C)N(Cc1ccc(F)cc1)C(=O)CN(c1ccccc1OCC)S(=O)(=O)c1ccc(C)cc1. The summed E-state index contributed by atoms with van der Waals surface area (Å²) in [6.07, 6.45) is 0.709. The van der Waals surface area contributed by atoms with Crippen molar-refractivity contribution < 1.29 is 27.1 Å². The fourth-order valence-corrected chi connectivity index (χ4v) is 5.48. The summed E-state index contributed by atoms with van der Waals surface area (Å²) in [7, 11) is -4.22. The summed E-state index contributed by atoms with van der Waals surface area (Å²) >= 11 is 0. The Morgan fingerprint density at radius 1 is 0.975 bits per heavy atom. The lowest BCUT2D eigenvalue weighted by Crippen LogP contribution is -2.51. The number of amides is 2. The first-order valence-corrected chi connectivity index (χ1v) is 14.6. The molecule has 0 spiro atoms. The third-order valence-corrected chi connectivity index (χ3v) is 8.08. The first kappa shape index (κ1) is 30.6. The van der Waals surface area contributed by atoms with Crippen LogP contribution >= 0.6 is 0 Å². The van der Waals surface area contributed by atoms with E-state index in [1.54, 1.807) is 50.2 Å². The molecule has 0 fully saturated rings. The summed E-state index contributed by atoms with van der Waals surface area (Å²) < 4.78 is 48.2. The van der Waals surface area contributed by atoms with Gasteiger partial charge in [0.2, 0.25) is 11.8 Å². The van der Waals surface area contributed by atoms with E-state index in [9.17, 15) is 22.4 Å². The number of nitrogens with one attached hydrogen (secondary N) is 1. The molecule has 3 aromatic rings. The quantitative estimate of drug-likeness (QED) is 0.323. The van der Waals surface area contributed by atoms with Crippen LogP contribution in [0.1, 0.15) is 38.3 Å². The van der Waals surface area contributed by atoms with E-state index >= 15 is 0 Å². The lowest BCUT2D eigenvalue weighted by molar-refractivity contribution is -0.139. The second-order valence-corrected chi connectivity index (χ2v) is 11.2. The van der Waals surface area contributed by atoms with E-state index in [0.717, 1.165) is 9.87 Å². The molecule has 1 atom stereocenters. The van der Waals surface area contributed by atoms with Crippen LogP contribution in [0.15, 0.2) is 77.7 Å². The normalized spacial score (nSPS) is 11.9. The molecule has 0 aromatic heterocycles. The number of hydrogen-bond acceptors (Lipinski definition) is 5. The Labute approximate surface area is 235 Å². The highest BCUT2D eigenvalue weighted by atomic mass is 32.2. The van der Waals surface area contributed by atoms with Gasteiger partial charge in [0.15, 0.2) is 0 Å². The monoisotopic (exact) mass is 569 g/mol. The van der Waals surface area contributed by atoms with Crippen LogP contribution < -0.4 is 14.4 Å². The molecule has 0 aliphatic carbocycles. The van der Waals surface area contributed by atoms with E-state index in [1.165, 1.54) is 41.3 Å². The maximum absolute atomic E-state index is 14.0. The van der Waals surface area contributed by atoms with Gasteiger partial charge in [0, 0.05) is 13.1 Å². The number of carbonyl (C=O) groups is 2. The Balaban J connectivity index is 2.06. The minimum absolute atomic E-state index is 0.0102. The van der Waals surface area contributed by atoms with Gasteiger partial charge in [-0.15, -0.1) is 0 Å². The summed E-state index contributed by atoms with van der Waals surface area (Å²) in [6.45, 7) is 7.22. The molecule has 0 aliphatic rings. The van der Waals surface area contributed by atoms with Crippen LogP contribution in [-0.4, -0.2) is 50.9 Å². The second-order valence-electron chi connectivity index (χ2n) is 9.34. The van der Waals surface area contributed by atoms with Gasteiger partial charge in [-0.25, -0.2) is 12.8 Å². The maximum Gasteiger partial charge on any atom is 0.264 e. The van der Waals surface area contributed by atoms with Crippen molar-refractivity contribution in [2.45, 2.75) is 51.6 Å². The third kappa shape index (κ3) is 7.59. The first-order valence-electron chi connectivity index (χ1n) is 13.2. The number of nitrogens with zero attached hydrogens (tertiary/aromatic N) is 2. The predicted octanol–water partition coefficient (Wildman–Crippen LogP) is 4.67. The van der Waals surface area contributed by atoms with Crippen LogP contribution in [0.2, 0.25) is 0 Å². The lowest BCUT2D eigenvalue weighted by atomic mass is 10.1. The maximum atomic E-state index is 14.0. The minimum Gasteiger partial charge on any atom is -0.492 e. The minimum atomic E-state index is -4.22. The highest BCUT2D eigenvalue weighted by Gasteiger charge is 2.33. The first-order chi connectivity index (χ1) is 19.1.